The fraction of sp³-hybridized carbons (Fsp3) is 0.833. The Hall–Kier alpha value is -0.390. The Morgan fingerprint density at radius 1 is 1.24 bits per heavy atom. The standard InChI is InChI=1S/C5H12O.C4H10.C3H6O3S/c1-2-3-4-5-6;1-4(2)3;1-2-3-7(4,5)6/h6H,2-5H2,1H3;4H,1-3H3;2H,1,3H2,(H,4,5,6). The highest BCUT2D eigenvalue weighted by Crippen LogP contribution is 1.89. The lowest BCUT2D eigenvalue weighted by Crippen LogP contribution is -1.99. The van der Waals surface area contributed by atoms with E-state index in [-0.39, 0.29) is 5.75 Å². The van der Waals surface area contributed by atoms with Crippen LogP contribution >= 0.6 is 0 Å². The molecular formula is C12H28O4S. The molecule has 0 fully saturated rings. The Bertz CT molecular complexity index is 226. The molecule has 0 heterocycles. The molecule has 0 rings (SSSR count). The zero-order valence-electron chi connectivity index (χ0n) is 11.5. The first kappa shape index (κ1) is 21.9. The van der Waals surface area contributed by atoms with Gasteiger partial charge in [0.1, 0.15) is 0 Å². The molecule has 0 radical (unpaired) electrons. The molecule has 4 nitrogen and oxygen atoms in total. The highest BCUT2D eigenvalue weighted by atomic mass is 32.2. The van der Waals surface area contributed by atoms with Crippen LogP contribution in [0.25, 0.3) is 0 Å². The van der Waals surface area contributed by atoms with Crippen LogP contribution in [0.1, 0.15) is 47.0 Å². The van der Waals surface area contributed by atoms with Crippen LogP contribution < -0.4 is 0 Å². The lowest BCUT2D eigenvalue weighted by Gasteiger charge is -1.85. The van der Waals surface area contributed by atoms with E-state index in [1.54, 1.807) is 0 Å². The number of rotatable bonds is 5. The summed E-state index contributed by atoms with van der Waals surface area (Å²) in [6, 6.07) is 0. The molecule has 0 aromatic carbocycles. The summed E-state index contributed by atoms with van der Waals surface area (Å²) in [5.41, 5.74) is 0. The van der Waals surface area contributed by atoms with Gasteiger partial charge in [0.05, 0.1) is 5.75 Å². The third-order valence-corrected chi connectivity index (χ3v) is 1.75. The molecule has 0 aliphatic heterocycles. The molecule has 0 atom stereocenters. The minimum absolute atomic E-state index is 0.355. The highest BCUT2D eigenvalue weighted by molar-refractivity contribution is 7.85. The lowest BCUT2D eigenvalue weighted by molar-refractivity contribution is 0.284. The monoisotopic (exact) mass is 268 g/mol. The Balaban J connectivity index is -0.000000180. The molecule has 0 aromatic rings. The van der Waals surface area contributed by atoms with Crippen molar-refractivity contribution in [1.82, 2.24) is 0 Å². The van der Waals surface area contributed by atoms with Crippen molar-refractivity contribution < 1.29 is 18.1 Å². The largest absolute Gasteiger partial charge is 0.396 e. The second kappa shape index (κ2) is 15.6. The normalized spacial score (nSPS) is 9.82. The molecule has 5 heteroatoms. The van der Waals surface area contributed by atoms with Crippen molar-refractivity contribution in [3.8, 4) is 0 Å². The predicted octanol–water partition coefficient (Wildman–Crippen LogP) is 2.89. The number of hydrogen-bond acceptors (Lipinski definition) is 3. The summed E-state index contributed by atoms with van der Waals surface area (Å²) < 4.78 is 27.3. The number of unbranched alkanes of at least 4 members (excludes halogenated alkanes) is 2. The van der Waals surface area contributed by atoms with E-state index in [0.29, 0.717) is 6.61 Å². The van der Waals surface area contributed by atoms with Gasteiger partial charge in [0, 0.05) is 6.61 Å². The molecule has 2 N–H and O–H groups in total. The summed E-state index contributed by atoms with van der Waals surface area (Å²) in [7, 11) is -3.79. The molecule has 17 heavy (non-hydrogen) atoms. The van der Waals surface area contributed by atoms with Crippen molar-refractivity contribution in [2.24, 2.45) is 5.92 Å². The maximum Gasteiger partial charge on any atom is 0.268 e. The fourth-order valence-corrected chi connectivity index (χ4v) is 0.809. The van der Waals surface area contributed by atoms with E-state index in [1.165, 1.54) is 6.42 Å². The average molecular weight is 268 g/mol. The average Bonchev–Trinajstić information content (AvgIpc) is 2.12. The van der Waals surface area contributed by atoms with Crippen LogP contribution in [0.4, 0.5) is 0 Å². The molecular weight excluding hydrogens is 240 g/mol. The molecule has 0 bridgehead atoms. The molecule has 0 aliphatic carbocycles. The molecule has 0 saturated carbocycles. The topological polar surface area (TPSA) is 74.6 Å². The first-order valence-corrected chi connectivity index (χ1v) is 7.49. The third-order valence-electron chi connectivity index (χ3n) is 1.09. The first-order chi connectivity index (χ1) is 7.71. The maximum absolute atomic E-state index is 9.72. The second-order valence-corrected chi connectivity index (χ2v) is 5.70. The van der Waals surface area contributed by atoms with Crippen LogP contribution in [0.5, 0.6) is 0 Å². The minimum Gasteiger partial charge on any atom is -0.396 e. The van der Waals surface area contributed by atoms with Gasteiger partial charge in [-0.3, -0.25) is 4.55 Å². The Labute approximate surface area is 106 Å². The van der Waals surface area contributed by atoms with Crippen molar-refractivity contribution in [2.45, 2.75) is 47.0 Å². The quantitative estimate of drug-likeness (QED) is 0.457. The Morgan fingerprint density at radius 3 is 1.71 bits per heavy atom. The number of aliphatic hydroxyl groups is 1. The van der Waals surface area contributed by atoms with Gasteiger partial charge >= 0.3 is 0 Å². The van der Waals surface area contributed by atoms with Crippen molar-refractivity contribution in [2.75, 3.05) is 12.4 Å². The molecule has 0 unspecified atom stereocenters. The zero-order chi connectivity index (χ0) is 14.3. The number of hydrogen-bond donors (Lipinski definition) is 2. The van der Waals surface area contributed by atoms with Crippen molar-refractivity contribution in [1.29, 1.82) is 0 Å². The van der Waals surface area contributed by atoms with Crippen LogP contribution in [0.15, 0.2) is 12.7 Å². The van der Waals surface area contributed by atoms with Crippen LogP contribution in [0.2, 0.25) is 0 Å². The van der Waals surface area contributed by atoms with E-state index in [0.717, 1.165) is 24.8 Å². The van der Waals surface area contributed by atoms with E-state index >= 15 is 0 Å². The van der Waals surface area contributed by atoms with Crippen LogP contribution in [0.3, 0.4) is 0 Å². The van der Waals surface area contributed by atoms with Gasteiger partial charge in [0.15, 0.2) is 0 Å². The predicted molar refractivity (Wildman–Crippen MR) is 73.7 cm³/mol. The molecule has 0 amide bonds. The van der Waals surface area contributed by atoms with Crippen LogP contribution in [-0.2, 0) is 10.1 Å². The third kappa shape index (κ3) is 66.2. The molecule has 0 spiro atoms. The molecule has 0 aliphatic rings. The van der Waals surface area contributed by atoms with E-state index < -0.39 is 10.1 Å². The summed E-state index contributed by atoms with van der Waals surface area (Å²) in [5, 5.41) is 8.20. The summed E-state index contributed by atoms with van der Waals surface area (Å²) in [6.45, 7) is 12.1. The van der Waals surface area contributed by atoms with Gasteiger partial charge in [-0.15, -0.1) is 6.58 Å². The lowest BCUT2D eigenvalue weighted by atomic mass is 10.3. The van der Waals surface area contributed by atoms with Gasteiger partial charge in [0.2, 0.25) is 0 Å². The summed E-state index contributed by atoms with van der Waals surface area (Å²) >= 11 is 0. The molecule has 0 saturated heterocycles. The SMILES string of the molecule is C=CCS(=O)(=O)O.CC(C)C.CCCCCO. The van der Waals surface area contributed by atoms with E-state index in [4.69, 9.17) is 9.66 Å². The van der Waals surface area contributed by atoms with Crippen molar-refractivity contribution >= 4 is 10.1 Å². The van der Waals surface area contributed by atoms with Gasteiger partial charge in [-0.1, -0.05) is 46.6 Å². The van der Waals surface area contributed by atoms with Gasteiger partial charge in [0.25, 0.3) is 10.1 Å². The summed E-state index contributed by atoms with van der Waals surface area (Å²) in [5.74, 6) is 0.465. The van der Waals surface area contributed by atoms with Gasteiger partial charge < -0.3 is 5.11 Å². The maximum atomic E-state index is 9.72. The van der Waals surface area contributed by atoms with E-state index in [2.05, 4.69) is 34.3 Å². The fourth-order valence-electron chi connectivity index (χ4n) is 0.511. The minimum atomic E-state index is -3.79. The highest BCUT2D eigenvalue weighted by Gasteiger charge is 1.95. The zero-order valence-corrected chi connectivity index (χ0v) is 12.3. The molecule has 0 aromatic heterocycles. The van der Waals surface area contributed by atoms with Gasteiger partial charge in [-0.05, 0) is 12.3 Å². The Kier molecular flexibility index (Phi) is 20.1. The second-order valence-electron chi connectivity index (χ2n) is 4.20. The summed E-state index contributed by atoms with van der Waals surface area (Å²) in [4.78, 5) is 0. The van der Waals surface area contributed by atoms with Crippen molar-refractivity contribution in [3.05, 3.63) is 12.7 Å². The molecule has 106 valence electrons. The van der Waals surface area contributed by atoms with Crippen LogP contribution in [0, 0.1) is 5.92 Å². The van der Waals surface area contributed by atoms with Gasteiger partial charge in [-0.2, -0.15) is 8.42 Å². The Morgan fingerprint density at radius 2 is 1.65 bits per heavy atom. The van der Waals surface area contributed by atoms with E-state index in [9.17, 15) is 8.42 Å². The first-order valence-electron chi connectivity index (χ1n) is 5.88. The van der Waals surface area contributed by atoms with Crippen molar-refractivity contribution in [3.63, 3.8) is 0 Å². The smallest absolute Gasteiger partial charge is 0.268 e. The van der Waals surface area contributed by atoms with E-state index in [1.807, 2.05) is 0 Å². The van der Waals surface area contributed by atoms with Gasteiger partial charge in [-0.25, -0.2) is 0 Å². The van der Waals surface area contributed by atoms with Crippen LogP contribution in [-0.4, -0.2) is 30.4 Å². The number of aliphatic hydroxyl groups excluding tert-OH is 1. The summed E-state index contributed by atoms with van der Waals surface area (Å²) in [6.07, 6.45) is 4.45.